The number of carbonyl (C=O) groups is 1. The van der Waals surface area contributed by atoms with Gasteiger partial charge in [-0.25, -0.2) is 4.79 Å². The van der Waals surface area contributed by atoms with Crippen LogP contribution in [0.4, 0.5) is 5.69 Å². The summed E-state index contributed by atoms with van der Waals surface area (Å²) in [5, 5.41) is 13.8. The van der Waals surface area contributed by atoms with Crippen LogP contribution in [0.5, 0.6) is 0 Å². The minimum absolute atomic E-state index is 0.114. The molecule has 0 saturated carbocycles. The molecule has 2 rings (SSSR count). The Balaban J connectivity index is 2.44. The predicted octanol–water partition coefficient (Wildman–Crippen LogP) is 2.17. The summed E-state index contributed by atoms with van der Waals surface area (Å²) >= 11 is 5.90. The minimum atomic E-state index is -1.04. The first-order valence-electron chi connectivity index (χ1n) is 5.29. The zero-order valence-corrected chi connectivity index (χ0v) is 10.5. The molecule has 0 spiro atoms. The number of benzene rings is 1. The first-order valence-corrected chi connectivity index (χ1v) is 5.67. The number of carboxylic acid groups (broad SMARTS) is 1. The lowest BCUT2D eigenvalue weighted by Gasteiger charge is -2.10. The maximum absolute atomic E-state index is 11.2. The molecule has 0 unspecified atom stereocenters. The first kappa shape index (κ1) is 12.4. The van der Waals surface area contributed by atoms with Gasteiger partial charge in [0.25, 0.3) is 0 Å². The van der Waals surface area contributed by atoms with Crippen molar-refractivity contribution in [2.45, 2.75) is 13.5 Å². The molecule has 1 aromatic heterocycles. The highest BCUT2D eigenvalue weighted by molar-refractivity contribution is 6.31. The number of hydrogen-bond donors (Lipinski definition) is 2. The Morgan fingerprint density at radius 3 is 2.83 bits per heavy atom. The largest absolute Gasteiger partial charge is 0.478 e. The Bertz CT molecular complexity index is 607. The maximum Gasteiger partial charge on any atom is 0.338 e. The van der Waals surface area contributed by atoms with Gasteiger partial charge in [-0.2, -0.15) is 5.10 Å². The van der Waals surface area contributed by atoms with E-state index >= 15 is 0 Å². The van der Waals surface area contributed by atoms with Crippen LogP contribution in [0.1, 0.15) is 21.6 Å². The van der Waals surface area contributed by atoms with E-state index in [1.807, 2.05) is 6.92 Å². The molecule has 5 nitrogen and oxygen atoms in total. The molecule has 1 heterocycles. The summed E-state index contributed by atoms with van der Waals surface area (Å²) in [6.07, 6.45) is 1.53. The second-order valence-electron chi connectivity index (χ2n) is 3.92. The van der Waals surface area contributed by atoms with E-state index in [9.17, 15) is 4.79 Å². The SMILES string of the molecule is Cc1c(Cl)cnn1Cc1cccc(N)c1C(=O)O. The minimum Gasteiger partial charge on any atom is -0.478 e. The third kappa shape index (κ3) is 2.17. The van der Waals surface area contributed by atoms with Crippen LogP contribution < -0.4 is 5.73 Å². The van der Waals surface area contributed by atoms with Crippen molar-refractivity contribution in [1.29, 1.82) is 0 Å². The monoisotopic (exact) mass is 265 g/mol. The molecule has 18 heavy (non-hydrogen) atoms. The topological polar surface area (TPSA) is 81.1 Å². The molecule has 0 fully saturated rings. The van der Waals surface area contributed by atoms with E-state index in [0.717, 1.165) is 5.69 Å². The van der Waals surface area contributed by atoms with Gasteiger partial charge in [0.05, 0.1) is 29.0 Å². The van der Waals surface area contributed by atoms with Gasteiger partial charge in [-0.1, -0.05) is 23.7 Å². The van der Waals surface area contributed by atoms with Crippen LogP contribution in [0.2, 0.25) is 5.02 Å². The molecule has 0 atom stereocenters. The van der Waals surface area contributed by atoms with E-state index in [4.69, 9.17) is 22.4 Å². The smallest absolute Gasteiger partial charge is 0.338 e. The maximum atomic E-state index is 11.2. The number of rotatable bonds is 3. The summed E-state index contributed by atoms with van der Waals surface area (Å²) in [4.78, 5) is 11.2. The molecule has 0 aliphatic heterocycles. The fourth-order valence-electron chi connectivity index (χ4n) is 1.76. The van der Waals surface area contributed by atoms with Crippen LogP contribution in [0, 0.1) is 6.92 Å². The zero-order valence-electron chi connectivity index (χ0n) is 9.72. The lowest BCUT2D eigenvalue weighted by Crippen LogP contribution is -2.11. The fraction of sp³-hybridized carbons (Fsp3) is 0.167. The molecular weight excluding hydrogens is 254 g/mol. The van der Waals surface area contributed by atoms with Gasteiger partial charge < -0.3 is 10.8 Å². The third-order valence-corrected chi connectivity index (χ3v) is 3.13. The quantitative estimate of drug-likeness (QED) is 0.834. The number of halogens is 1. The fourth-order valence-corrected chi connectivity index (χ4v) is 1.90. The molecule has 94 valence electrons. The second kappa shape index (κ2) is 4.70. The standard InChI is InChI=1S/C12H12ClN3O2/c1-7-9(13)5-15-16(7)6-8-3-2-4-10(14)11(8)12(17)18/h2-5H,6,14H2,1H3,(H,17,18). The van der Waals surface area contributed by atoms with Crippen LogP contribution in [0.25, 0.3) is 0 Å². The summed E-state index contributed by atoms with van der Waals surface area (Å²) in [6.45, 7) is 2.15. The highest BCUT2D eigenvalue weighted by Crippen LogP contribution is 2.20. The molecular formula is C12H12ClN3O2. The second-order valence-corrected chi connectivity index (χ2v) is 4.33. The number of carboxylic acids is 1. The van der Waals surface area contributed by atoms with Crippen LogP contribution in [-0.2, 0) is 6.54 Å². The molecule has 0 bridgehead atoms. The summed E-state index contributed by atoms with van der Waals surface area (Å²) in [5.74, 6) is -1.04. The van der Waals surface area contributed by atoms with Gasteiger partial charge in [0.15, 0.2) is 0 Å². The van der Waals surface area contributed by atoms with E-state index in [1.54, 1.807) is 22.9 Å². The molecule has 3 N–H and O–H groups in total. The number of hydrogen-bond acceptors (Lipinski definition) is 3. The van der Waals surface area contributed by atoms with Gasteiger partial charge in [0.2, 0.25) is 0 Å². The molecule has 0 radical (unpaired) electrons. The number of aromatic nitrogens is 2. The van der Waals surface area contributed by atoms with Crippen molar-refractivity contribution in [3.8, 4) is 0 Å². The normalized spacial score (nSPS) is 10.6. The average Bonchev–Trinajstić information content (AvgIpc) is 2.60. The van der Waals surface area contributed by atoms with Crippen molar-refractivity contribution in [3.05, 3.63) is 46.2 Å². The highest BCUT2D eigenvalue weighted by Gasteiger charge is 2.15. The first-order chi connectivity index (χ1) is 8.50. The van der Waals surface area contributed by atoms with Gasteiger partial charge in [0, 0.05) is 5.69 Å². The van der Waals surface area contributed by atoms with Gasteiger partial charge in [-0.3, -0.25) is 4.68 Å². The third-order valence-electron chi connectivity index (χ3n) is 2.76. The van der Waals surface area contributed by atoms with Gasteiger partial charge in [0.1, 0.15) is 0 Å². The van der Waals surface area contributed by atoms with Crippen LogP contribution >= 0.6 is 11.6 Å². The van der Waals surface area contributed by atoms with E-state index < -0.39 is 5.97 Å². The van der Waals surface area contributed by atoms with E-state index in [-0.39, 0.29) is 11.3 Å². The Labute approximate surface area is 109 Å². The molecule has 0 amide bonds. The predicted molar refractivity (Wildman–Crippen MR) is 68.9 cm³/mol. The zero-order chi connectivity index (χ0) is 13.3. The van der Waals surface area contributed by atoms with Crippen molar-refractivity contribution in [1.82, 2.24) is 9.78 Å². The molecule has 1 aromatic carbocycles. The Morgan fingerprint density at radius 1 is 1.56 bits per heavy atom. The number of nitrogens with two attached hydrogens (primary N) is 1. The summed E-state index contributed by atoms with van der Waals surface area (Å²) in [7, 11) is 0. The highest BCUT2D eigenvalue weighted by atomic mass is 35.5. The van der Waals surface area contributed by atoms with Crippen molar-refractivity contribution in [2.24, 2.45) is 0 Å². The molecule has 0 aliphatic rings. The van der Waals surface area contributed by atoms with Crippen LogP contribution in [-0.4, -0.2) is 20.9 Å². The molecule has 0 saturated heterocycles. The number of nitrogens with zero attached hydrogens (tertiary/aromatic N) is 2. The van der Waals surface area contributed by atoms with Crippen LogP contribution in [0.3, 0.4) is 0 Å². The van der Waals surface area contributed by atoms with Crippen molar-refractivity contribution < 1.29 is 9.90 Å². The Morgan fingerprint density at radius 2 is 2.28 bits per heavy atom. The lowest BCUT2D eigenvalue weighted by atomic mass is 10.1. The number of aromatic carboxylic acids is 1. The summed E-state index contributed by atoms with van der Waals surface area (Å²) < 4.78 is 1.64. The summed E-state index contributed by atoms with van der Waals surface area (Å²) in [5.41, 5.74) is 7.43. The van der Waals surface area contributed by atoms with Crippen molar-refractivity contribution in [3.63, 3.8) is 0 Å². The van der Waals surface area contributed by atoms with Gasteiger partial charge in [-0.05, 0) is 18.6 Å². The number of anilines is 1. The van der Waals surface area contributed by atoms with E-state index in [1.165, 1.54) is 6.20 Å². The van der Waals surface area contributed by atoms with Crippen LogP contribution in [0.15, 0.2) is 24.4 Å². The van der Waals surface area contributed by atoms with E-state index in [0.29, 0.717) is 17.1 Å². The van der Waals surface area contributed by atoms with Crippen molar-refractivity contribution >= 4 is 23.3 Å². The number of nitrogen functional groups attached to an aromatic ring is 1. The Hall–Kier alpha value is -2.01. The molecule has 6 heteroatoms. The van der Waals surface area contributed by atoms with Gasteiger partial charge >= 0.3 is 5.97 Å². The van der Waals surface area contributed by atoms with Gasteiger partial charge in [-0.15, -0.1) is 0 Å². The molecule has 2 aromatic rings. The lowest BCUT2D eigenvalue weighted by molar-refractivity contribution is 0.0696. The van der Waals surface area contributed by atoms with E-state index in [2.05, 4.69) is 5.10 Å². The Kier molecular flexibility index (Phi) is 3.25. The average molecular weight is 266 g/mol. The summed E-state index contributed by atoms with van der Waals surface area (Å²) in [6, 6.07) is 5.00. The molecule has 0 aliphatic carbocycles. The van der Waals surface area contributed by atoms with Crippen molar-refractivity contribution in [2.75, 3.05) is 5.73 Å².